The van der Waals surface area contributed by atoms with E-state index in [2.05, 4.69) is 10.3 Å². The minimum Gasteiger partial charge on any atom is -0.358 e. The van der Waals surface area contributed by atoms with E-state index in [1.807, 2.05) is 0 Å². The molecule has 0 aliphatic carbocycles. The van der Waals surface area contributed by atoms with Crippen LogP contribution >= 0.6 is 0 Å². The fourth-order valence-corrected chi connectivity index (χ4v) is 1.34. The number of nitrogens with zero attached hydrogens (tertiary/aromatic N) is 1. The molecule has 1 aromatic heterocycles. The molecule has 0 aliphatic rings. The first-order chi connectivity index (χ1) is 8.08. The standard InChI is InChI=1S/C11H15N3O3/c1-3-14(7-10(16)12-2)11(17)8-4-5-13-9(15)6-8/h4-6H,3,7H2,1-2H3,(H,12,16)(H,13,15). The smallest absolute Gasteiger partial charge is 0.254 e. The second-order valence-corrected chi connectivity index (χ2v) is 3.43. The van der Waals surface area contributed by atoms with Gasteiger partial charge >= 0.3 is 0 Å². The van der Waals surface area contributed by atoms with Gasteiger partial charge < -0.3 is 15.2 Å². The highest BCUT2D eigenvalue weighted by atomic mass is 16.2. The number of nitrogens with one attached hydrogen (secondary N) is 2. The van der Waals surface area contributed by atoms with E-state index in [1.165, 1.54) is 30.3 Å². The second-order valence-electron chi connectivity index (χ2n) is 3.43. The Morgan fingerprint density at radius 2 is 2.18 bits per heavy atom. The van der Waals surface area contributed by atoms with Gasteiger partial charge in [0, 0.05) is 31.4 Å². The molecule has 1 aromatic rings. The van der Waals surface area contributed by atoms with Crippen molar-refractivity contribution in [1.82, 2.24) is 15.2 Å². The monoisotopic (exact) mass is 237 g/mol. The van der Waals surface area contributed by atoms with Crippen molar-refractivity contribution >= 4 is 11.8 Å². The van der Waals surface area contributed by atoms with E-state index in [1.54, 1.807) is 6.92 Å². The molecule has 0 unspecified atom stereocenters. The van der Waals surface area contributed by atoms with E-state index in [-0.39, 0.29) is 29.5 Å². The first-order valence-electron chi connectivity index (χ1n) is 5.27. The quantitative estimate of drug-likeness (QED) is 0.746. The summed E-state index contributed by atoms with van der Waals surface area (Å²) >= 11 is 0. The number of carbonyl (C=O) groups excluding carboxylic acids is 2. The number of amides is 2. The molecular weight excluding hydrogens is 222 g/mol. The molecule has 6 nitrogen and oxygen atoms in total. The van der Waals surface area contributed by atoms with Gasteiger partial charge in [-0.15, -0.1) is 0 Å². The third-order valence-corrected chi connectivity index (χ3v) is 2.30. The van der Waals surface area contributed by atoms with Crippen LogP contribution in [-0.4, -0.2) is 41.8 Å². The lowest BCUT2D eigenvalue weighted by Crippen LogP contribution is -2.39. The average Bonchev–Trinajstić information content (AvgIpc) is 2.34. The zero-order valence-corrected chi connectivity index (χ0v) is 9.82. The van der Waals surface area contributed by atoms with E-state index >= 15 is 0 Å². The first-order valence-corrected chi connectivity index (χ1v) is 5.27. The number of hydrogen-bond acceptors (Lipinski definition) is 3. The van der Waals surface area contributed by atoms with Gasteiger partial charge in [-0.1, -0.05) is 0 Å². The highest BCUT2D eigenvalue weighted by Gasteiger charge is 2.16. The number of aromatic amines is 1. The van der Waals surface area contributed by atoms with Crippen LogP contribution < -0.4 is 10.9 Å². The van der Waals surface area contributed by atoms with Crippen molar-refractivity contribution in [3.8, 4) is 0 Å². The van der Waals surface area contributed by atoms with Crippen LogP contribution in [0.4, 0.5) is 0 Å². The van der Waals surface area contributed by atoms with E-state index in [0.29, 0.717) is 6.54 Å². The summed E-state index contributed by atoms with van der Waals surface area (Å²) in [6.07, 6.45) is 1.41. The minimum atomic E-state index is -0.341. The number of H-pyrrole nitrogens is 1. The number of rotatable bonds is 4. The highest BCUT2D eigenvalue weighted by molar-refractivity contribution is 5.96. The van der Waals surface area contributed by atoms with E-state index < -0.39 is 0 Å². The molecule has 0 radical (unpaired) electrons. The number of pyridine rings is 1. The van der Waals surface area contributed by atoms with E-state index in [4.69, 9.17) is 0 Å². The summed E-state index contributed by atoms with van der Waals surface area (Å²) in [5.74, 6) is -0.577. The van der Waals surface area contributed by atoms with Crippen LogP contribution in [0.1, 0.15) is 17.3 Å². The molecule has 17 heavy (non-hydrogen) atoms. The number of likely N-dealkylation sites (N-methyl/N-ethyl adjacent to an activating group) is 2. The van der Waals surface area contributed by atoms with Gasteiger partial charge in [-0.2, -0.15) is 0 Å². The number of carbonyl (C=O) groups is 2. The molecule has 6 heteroatoms. The number of aromatic nitrogens is 1. The topological polar surface area (TPSA) is 82.3 Å². The normalized spacial score (nSPS) is 9.76. The average molecular weight is 237 g/mol. The van der Waals surface area contributed by atoms with Crippen molar-refractivity contribution in [2.75, 3.05) is 20.1 Å². The van der Waals surface area contributed by atoms with Crippen molar-refractivity contribution in [2.24, 2.45) is 0 Å². The summed E-state index contributed by atoms with van der Waals surface area (Å²) in [5, 5.41) is 2.45. The lowest BCUT2D eigenvalue weighted by molar-refractivity contribution is -0.121. The second kappa shape index (κ2) is 5.83. The Hall–Kier alpha value is -2.11. The van der Waals surface area contributed by atoms with Gasteiger partial charge in [0.15, 0.2) is 0 Å². The Morgan fingerprint density at radius 1 is 1.47 bits per heavy atom. The molecule has 0 fully saturated rings. The van der Waals surface area contributed by atoms with Crippen LogP contribution in [-0.2, 0) is 4.79 Å². The fourth-order valence-electron chi connectivity index (χ4n) is 1.34. The molecule has 0 spiro atoms. The summed E-state index contributed by atoms with van der Waals surface area (Å²) in [6, 6.07) is 2.73. The molecule has 1 heterocycles. The SMILES string of the molecule is CCN(CC(=O)NC)C(=O)c1cc[nH]c(=O)c1. The van der Waals surface area contributed by atoms with Gasteiger partial charge in [0.1, 0.15) is 0 Å². The summed E-state index contributed by atoms with van der Waals surface area (Å²) < 4.78 is 0. The van der Waals surface area contributed by atoms with Crippen LogP contribution in [0.3, 0.4) is 0 Å². The lowest BCUT2D eigenvalue weighted by atomic mass is 10.2. The summed E-state index contributed by atoms with van der Waals surface area (Å²) in [7, 11) is 1.51. The van der Waals surface area contributed by atoms with Crippen molar-refractivity contribution in [3.05, 3.63) is 34.2 Å². The molecule has 2 N–H and O–H groups in total. The molecule has 0 aliphatic heterocycles. The zero-order valence-electron chi connectivity index (χ0n) is 9.82. The van der Waals surface area contributed by atoms with Crippen molar-refractivity contribution in [2.45, 2.75) is 6.92 Å². The summed E-state index contributed by atoms with van der Waals surface area (Å²) in [6.45, 7) is 2.16. The lowest BCUT2D eigenvalue weighted by Gasteiger charge is -2.19. The molecule has 0 saturated heterocycles. The van der Waals surface area contributed by atoms with Crippen LogP contribution in [0.25, 0.3) is 0 Å². The fraction of sp³-hybridized carbons (Fsp3) is 0.364. The van der Waals surface area contributed by atoms with Gasteiger partial charge in [-0.05, 0) is 13.0 Å². The maximum absolute atomic E-state index is 12.0. The molecule has 0 bridgehead atoms. The summed E-state index contributed by atoms with van der Waals surface area (Å²) in [4.78, 5) is 38.1. The molecule has 0 saturated carbocycles. The van der Waals surface area contributed by atoms with Crippen molar-refractivity contribution in [1.29, 1.82) is 0 Å². The predicted octanol–water partition coefficient (Wildman–Crippen LogP) is -0.417. The minimum absolute atomic E-state index is 0.0152. The van der Waals surface area contributed by atoms with Crippen LogP contribution in [0.2, 0.25) is 0 Å². The van der Waals surface area contributed by atoms with Gasteiger partial charge in [0.2, 0.25) is 11.5 Å². The maximum Gasteiger partial charge on any atom is 0.254 e. The molecule has 2 amide bonds. The molecule has 92 valence electrons. The summed E-state index contributed by atoms with van der Waals surface area (Å²) in [5.41, 5.74) is -0.0636. The molecule has 0 aromatic carbocycles. The Balaban J connectivity index is 2.86. The van der Waals surface area contributed by atoms with Crippen LogP contribution in [0.5, 0.6) is 0 Å². The van der Waals surface area contributed by atoms with E-state index in [0.717, 1.165) is 0 Å². The largest absolute Gasteiger partial charge is 0.358 e. The molecule has 1 rings (SSSR count). The van der Waals surface area contributed by atoms with E-state index in [9.17, 15) is 14.4 Å². The molecule has 0 atom stereocenters. The Labute approximate surface area is 98.6 Å². The Morgan fingerprint density at radius 3 is 2.71 bits per heavy atom. The maximum atomic E-state index is 12.0. The van der Waals surface area contributed by atoms with Crippen molar-refractivity contribution in [3.63, 3.8) is 0 Å². The van der Waals surface area contributed by atoms with Gasteiger partial charge in [-0.25, -0.2) is 0 Å². The Kier molecular flexibility index (Phi) is 4.45. The van der Waals surface area contributed by atoms with Gasteiger partial charge in [0.05, 0.1) is 6.54 Å². The Bertz CT molecular complexity index is 467. The predicted molar refractivity (Wildman–Crippen MR) is 62.7 cm³/mol. The third kappa shape index (κ3) is 3.44. The zero-order chi connectivity index (χ0) is 12.8. The highest BCUT2D eigenvalue weighted by Crippen LogP contribution is 2.01. The third-order valence-electron chi connectivity index (χ3n) is 2.30. The van der Waals surface area contributed by atoms with Crippen LogP contribution in [0, 0.1) is 0 Å². The van der Waals surface area contributed by atoms with Crippen molar-refractivity contribution < 1.29 is 9.59 Å². The van der Waals surface area contributed by atoms with Gasteiger partial charge in [-0.3, -0.25) is 14.4 Å². The van der Waals surface area contributed by atoms with Crippen LogP contribution in [0.15, 0.2) is 23.1 Å². The first kappa shape index (κ1) is 13.0. The molecular formula is C11H15N3O3. The van der Waals surface area contributed by atoms with Gasteiger partial charge in [0.25, 0.3) is 5.91 Å². The number of hydrogen-bond donors (Lipinski definition) is 2.